The Labute approximate surface area is 87.3 Å². The number of halogens is 3. The standard InChI is InChI=1S/C9H4F3N3O/c10-6-1-4-3-9(12,14-15-13)8(16)5(4)2-7(6)11/h1-2H,3H2. The molecular formula is C9H4F3N3O. The van der Waals surface area contributed by atoms with Crippen LogP contribution < -0.4 is 0 Å². The van der Waals surface area contributed by atoms with Crippen LogP contribution >= 0.6 is 0 Å². The summed E-state index contributed by atoms with van der Waals surface area (Å²) in [6.07, 6.45) is -0.567. The van der Waals surface area contributed by atoms with E-state index in [-0.39, 0.29) is 11.1 Å². The Morgan fingerprint density at radius 3 is 2.62 bits per heavy atom. The van der Waals surface area contributed by atoms with Crippen molar-refractivity contribution in [3.63, 3.8) is 0 Å². The van der Waals surface area contributed by atoms with Gasteiger partial charge in [0.1, 0.15) is 0 Å². The zero-order valence-electron chi connectivity index (χ0n) is 7.75. The smallest absolute Gasteiger partial charge is 0.255 e. The molecule has 0 saturated heterocycles. The van der Waals surface area contributed by atoms with Crippen molar-refractivity contribution in [1.82, 2.24) is 0 Å². The molecule has 0 bridgehead atoms. The summed E-state index contributed by atoms with van der Waals surface area (Å²) in [5, 5.41) is 2.73. The first-order chi connectivity index (χ1) is 7.48. The quantitative estimate of drug-likeness (QED) is 0.315. The Balaban J connectivity index is 2.58. The molecule has 1 aromatic rings. The second kappa shape index (κ2) is 3.24. The molecule has 2 rings (SSSR count). The Hall–Kier alpha value is -2.01. The normalized spacial score (nSPS) is 22.8. The van der Waals surface area contributed by atoms with Crippen molar-refractivity contribution in [3.8, 4) is 0 Å². The molecule has 4 nitrogen and oxygen atoms in total. The minimum Gasteiger partial charge on any atom is -0.290 e. The average Bonchev–Trinajstić information content (AvgIpc) is 2.43. The molecule has 1 aromatic carbocycles. The highest BCUT2D eigenvalue weighted by atomic mass is 19.2. The number of carbonyl (C=O) groups is 1. The van der Waals surface area contributed by atoms with Crippen LogP contribution in [0.5, 0.6) is 0 Å². The highest BCUT2D eigenvalue weighted by molar-refractivity contribution is 6.06. The van der Waals surface area contributed by atoms with Gasteiger partial charge in [-0.3, -0.25) is 4.79 Å². The first-order valence-corrected chi connectivity index (χ1v) is 4.26. The maximum atomic E-state index is 13.7. The van der Waals surface area contributed by atoms with E-state index in [1.54, 1.807) is 0 Å². The second-order valence-electron chi connectivity index (χ2n) is 3.38. The minimum atomic E-state index is -2.77. The third kappa shape index (κ3) is 1.33. The van der Waals surface area contributed by atoms with E-state index in [1.165, 1.54) is 0 Å². The summed E-state index contributed by atoms with van der Waals surface area (Å²) in [6.45, 7) is 0. The number of benzene rings is 1. The van der Waals surface area contributed by atoms with Crippen LogP contribution in [0.25, 0.3) is 10.4 Å². The molecule has 16 heavy (non-hydrogen) atoms. The highest BCUT2D eigenvalue weighted by Gasteiger charge is 2.46. The fourth-order valence-electron chi connectivity index (χ4n) is 1.64. The topological polar surface area (TPSA) is 65.8 Å². The van der Waals surface area contributed by atoms with Crippen LogP contribution in [0.4, 0.5) is 13.2 Å². The van der Waals surface area contributed by atoms with Crippen LogP contribution in [0.1, 0.15) is 15.9 Å². The molecule has 0 radical (unpaired) electrons. The van der Waals surface area contributed by atoms with Gasteiger partial charge < -0.3 is 0 Å². The lowest BCUT2D eigenvalue weighted by atomic mass is 10.1. The summed E-state index contributed by atoms with van der Waals surface area (Å²) in [4.78, 5) is 13.7. The number of Topliss-reactive ketones (excluding diaryl/α,β-unsaturated/α-hetero) is 1. The van der Waals surface area contributed by atoms with Gasteiger partial charge in [0, 0.05) is 16.9 Å². The molecule has 1 unspecified atom stereocenters. The largest absolute Gasteiger partial charge is 0.290 e. The zero-order valence-corrected chi connectivity index (χ0v) is 7.75. The second-order valence-corrected chi connectivity index (χ2v) is 3.38. The average molecular weight is 227 g/mol. The number of hydrogen-bond acceptors (Lipinski definition) is 2. The van der Waals surface area contributed by atoms with Crippen molar-refractivity contribution in [1.29, 1.82) is 0 Å². The van der Waals surface area contributed by atoms with E-state index >= 15 is 0 Å². The molecule has 7 heteroatoms. The molecule has 0 N–H and O–H groups in total. The molecule has 0 aliphatic heterocycles. The Morgan fingerprint density at radius 1 is 1.38 bits per heavy atom. The van der Waals surface area contributed by atoms with Crippen LogP contribution in [0, 0.1) is 11.6 Å². The van der Waals surface area contributed by atoms with E-state index in [0.29, 0.717) is 6.07 Å². The molecule has 0 saturated carbocycles. The predicted octanol–water partition coefficient (Wildman–Crippen LogP) is 2.68. The van der Waals surface area contributed by atoms with Crippen LogP contribution in [0.2, 0.25) is 0 Å². The van der Waals surface area contributed by atoms with E-state index in [2.05, 4.69) is 10.0 Å². The molecule has 1 aliphatic rings. The van der Waals surface area contributed by atoms with Gasteiger partial charge in [-0.25, -0.2) is 13.2 Å². The molecule has 82 valence electrons. The molecule has 0 amide bonds. The van der Waals surface area contributed by atoms with E-state index in [4.69, 9.17) is 5.53 Å². The number of rotatable bonds is 1. The van der Waals surface area contributed by atoms with Gasteiger partial charge in [0.15, 0.2) is 11.6 Å². The van der Waals surface area contributed by atoms with Gasteiger partial charge in [0.05, 0.1) is 0 Å². The molecule has 0 fully saturated rings. The third-order valence-corrected chi connectivity index (χ3v) is 2.37. The lowest BCUT2D eigenvalue weighted by Crippen LogP contribution is -2.26. The monoisotopic (exact) mass is 227 g/mol. The number of fused-ring (bicyclic) bond motifs is 1. The van der Waals surface area contributed by atoms with E-state index < -0.39 is 29.6 Å². The van der Waals surface area contributed by atoms with Crippen molar-refractivity contribution in [2.24, 2.45) is 5.11 Å². The molecule has 0 heterocycles. The fourth-order valence-corrected chi connectivity index (χ4v) is 1.64. The van der Waals surface area contributed by atoms with E-state index in [9.17, 15) is 18.0 Å². The van der Waals surface area contributed by atoms with Gasteiger partial charge in [-0.1, -0.05) is 0 Å². The summed E-state index contributed by atoms with van der Waals surface area (Å²) in [7, 11) is 0. The fraction of sp³-hybridized carbons (Fsp3) is 0.222. The zero-order chi connectivity index (χ0) is 11.9. The first-order valence-electron chi connectivity index (χ1n) is 4.26. The van der Waals surface area contributed by atoms with E-state index in [1.807, 2.05) is 0 Å². The maximum absolute atomic E-state index is 13.7. The van der Waals surface area contributed by atoms with Crippen LogP contribution in [-0.2, 0) is 6.42 Å². The Kier molecular flexibility index (Phi) is 2.13. The SMILES string of the molecule is [N-]=[N+]=NC1(F)Cc2cc(F)c(F)cc2C1=O. The van der Waals surface area contributed by atoms with Gasteiger partial charge in [-0.05, 0) is 28.3 Å². The number of ketones is 1. The maximum Gasteiger partial charge on any atom is 0.255 e. The van der Waals surface area contributed by atoms with Gasteiger partial charge in [0.25, 0.3) is 5.79 Å². The summed E-state index contributed by atoms with van der Waals surface area (Å²) < 4.78 is 39.4. The number of azide groups is 1. The van der Waals surface area contributed by atoms with Gasteiger partial charge in [-0.2, -0.15) is 0 Å². The molecule has 1 atom stereocenters. The van der Waals surface area contributed by atoms with Crippen molar-refractivity contribution in [3.05, 3.63) is 45.3 Å². The van der Waals surface area contributed by atoms with Crippen molar-refractivity contribution >= 4 is 5.78 Å². The van der Waals surface area contributed by atoms with Crippen molar-refractivity contribution in [2.45, 2.75) is 12.2 Å². The summed E-state index contributed by atoms with van der Waals surface area (Å²) >= 11 is 0. The predicted molar refractivity (Wildman–Crippen MR) is 47.4 cm³/mol. The summed E-state index contributed by atoms with van der Waals surface area (Å²) in [5.74, 6) is -6.31. The molecule has 0 spiro atoms. The summed E-state index contributed by atoms with van der Waals surface area (Å²) in [5.41, 5.74) is 7.83. The van der Waals surface area contributed by atoms with Gasteiger partial charge >= 0.3 is 0 Å². The number of hydrogen-bond donors (Lipinski definition) is 0. The van der Waals surface area contributed by atoms with Gasteiger partial charge in [0.2, 0.25) is 5.78 Å². The minimum absolute atomic E-state index is 0.00111. The molecular weight excluding hydrogens is 223 g/mol. The lowest BCUT2D eigenvalue weighted by molar-refractivity contribution is 0.0735. The first kappa shape index (κ1) is 10.5. The van der Waals surface area contributed by atoms with Crippen LogP contribution in [0.15, 0.2) is 17.2 Å². The summed E-state index contributed by atoms with van der Waals surface area (Å²) in [6, 6.07) is 1.35. The lowest BCUT2D eigenvalue weighted by Gasteiger charge is -2.07. The Bertz CT molecular complexity index is 539. The Morgan fingerprint density at radius 2 is 2.00 bits per heavy atom. The molecule has 0 aromatic heterocycles. The van der Waals surface area contributed by atoms with Crippen LogP contribution in [-0.4, -0.2) is 11.6 Å². The van der Waals surface area contributed by atoms with E-state index in [0.717, 1.165) is 6.07 Å². The van der Waals surface area contributed by atoms with Crippen molar-refractivity contribution < 1.29 is 18.0 Å². The number of carbonyl (C=O) groups excluding carboxylic acids is 1. The number of nitrogens with zero attached hydrogens (tertiary/aromatic N) is 3. The van der Waals surface area contributed by atoms with Crippen molar-refractivity contribution in [2.75, 3.05) is 0 Å². The highest BCUT2D eigenvalue weighted by Crippen LogP contribution is 2.35. The number of alkyl halides is 1. The third-order valence-electron chi connectivity index (χ3n) is 2.37. The van der Waals surface area contributed by atoms with Crippen LogP contribution in [0.3, 0.4) is 0 Å². The molecule has 1 aliphatic carbocycles. The van der Waals surface area contributed by atoms with Gasteiger partial charge in [-0.15, -0.1) is 0 Å².